The van der Waals surface area contributed by atoms with E-state index in [0.717, 1.165) is 5.70 Å². The maximum Gasteiger partial charge on any atom is 0.162 e. The third-order valence-electron chi connectivity index (χ3n) is 1.38. The molecule has 0 unspecified atom stereocenters. The summed E-state index contributed by atoms with van der Waals surface area (Å²) < 4.78 is 0. The van der Waals surface area contributed by atoms with Gasteiger partial charge in [0, 0.05) is 0 Å². The molecule has 0 N–H and O–H groups in total. The third kappa shape index (κ3) is 12.5. The number of aromatic nitrogens is 4. The average Bonchev–Trinajstić information content (AvgIpc) is 3.00. The van der Waals surface area contributed by atoms with Crippen LogP contribution in [-0.2, 0) is 0 Å². The van der Waals surface area contributed by atoms with Crippen molar-refractivity contribution in [2.75, 3.05) is 0 Å². The van der Waals surface area contributed by atoms with E-state index in [1.165, 1.54) is 16.7 Å². The minimum atomic E-state index is 0.804. The van der Waals surface area contributed by atoms with Gasteiger partial charge in [-0.15, -0.1) is 15.0 Å². The molecule has 4 heteroatoms. The van der Waals surface area contributed by atoms with Crippen LogP contribution in [0.3, 0.4) is 0 Å². The van der Waals surface area contributed by atoms with Crippen LogP contribution in [0.25, 0.3) is 5.70 Å². The normalized spacial score (nSPS) is 8.53. The largest absolute Gasteiger partial charge is 0.162 e. The molecule has 1 rings (SSSR count). The third-order valence-corrected chi connectivity index (χ3v) is 1.38. The predicted octanol–water partition coefficient (Wildman–Crippen LogP) is 4.74. The molecule has 19 heavy (non-hydrogen) atoms. The van der Waals surface area contributed by atoms with Gasteiger partial charge < -0.3 is 0 Å². The molecule has 0 atom stereocenters. The summed E-state index contributed by atoms with van der Waals surface area (Å²) in [7, 11) is 0. The first-order valence-electron chi connectivity index (χ1n) is 6.95. The van der Waals surface area contributed by atoms with E-state index in [1.807, 2.05) is 67.5 Å². The molecular weight excluding hydrogens is 236 g/mol. The number of hydrogen-bond donors (Lipinski definition) is 0. The molecule has 0 aliphatic carbocycles. The Kier molecular flexibility index (Phi) is 22.1. The Morgan fingerprint density at radius 1 is 1.00 bits per heavy atom. The standard InChI is InChI=1S/C9H12N4.3C2H6/c1-4-9(6-5-8(2)3)13-11-7-10-12-13;3*1-2/h4-7H,1H2,2-3H3;3*1-2H3/b9-6+;;;. The van der Waals surface area contributed by atoms with Crippen LogP contribution in [0, 0.1) is 0 Å². The first-order valence-corrected chi connectivity index (χ1v) is 6.95. The van der Waals surface area contributed by atoms with Gasteiger partial charge in [-0.05, 0) is 31.2 Å². The van der Waals surface area contributed by atoms with Gasteiger partial charge >= 0.3 is 0 Å². The van der Waals surface area contributed by atoms with Crippen molar-refractivity contribution in [1.82, 2.24) is 20.2 Å². The van der Waals surface area contributed by atoms with Crippen molar-refractivity contribution in [1.29, 1.82) is 0 Å². The van der Waals surface area contributed by atoms with Gasteiger partial charge in [-0.1, -0.05) is 59.8 Å². The van der Waals surface area contributed by atoms with Gasteiger partial charge in [-0.3, -0.25) is 0 Å². The van der Waals surface area contributed by atoms with Crippen molar-refractivity contribution in [3.05, 3.63) is 36.7 Å². The van der Waals surface area contributed by atoms with Crippen molar-refractivity contribution in [2.45, 2.75) is 55.4 Å². The molecule has 110 valence electrons. The number of rotatable bonds is 3. The highest BCUT2D eigenvalue weighted by atomic mass is 15.6. The molecule has 1 aromatic heterocycles. The van der Waals surface area contributed by atoms with Crippen molar-refractivity contribution >= 4 is 5.70 Å². The quantitative estimate of drug-likeness (QED) is 0.742. The van der Waals surface area contributed by atoms with E-state index in [1.54, 1.807) is 6.08 Å². The first-order chi connectivity index (χ1) is 9.24. The van der Waals surface area contributed by atoms with E-state index in [9.17, 15) is 0 Å². The molecule has 4 nitrogen and oxygen atoms in total. The Hall–Kier alpha value is -1.71. The monoisotopic (exact) mass is 266 g/mol. The lowest BCUT2D eigenvalue weighted by atomic mass is 10.3. The van der Waals surface area contributed by atoms with E-state index >= 15 is 0 Å². The van der Waals surface area contributed by atoms with Crippen LogP contribution in [0.15, 0.2) is 36.7 Å². The van der Waals surface area contributed by atoms with Crippen LogP contribution >= 0.6 is 0 Å². The molecule has 0 bridgehead atoms. The van der Waals surface area contributed by atoms with Crippen molar-refractivity contribution in [2.24, 2.45) is 0 Å². The van der Waals surface area contributed by atoms with Crippen LogP contribution in [0.4, 0.5) is 0 Å². The SMILES string of the molecule is C=C/C(=C\C=C(C)C)n1ncnn1.CC.CC.CC. The molecule has 0 aromatic carbocycles. The van der Waals surface area contributed by atoms with E-state index in [4.69, 9.17) is 0 Å². The Morgan fingerprint density at radius 3 is 1.84 bits per heavy atom. The molecule has 0 aliphatic rings. The zero-order valence-electron chi connectivity index (χ0n) is 13.8. The lowest BCUT2D eigenvalue weighted by molar-refractivity contribution is 0.742. The summed E-state index contributed by atoms with van der Waals surface area (Å²) in [5.74, 6) is 0. The van der Waals surface area contributed by atoms with Gasteiger partial charge in [0.1, 0.15) is 0 Å². The van der Waals surface area contributed by atoms with Gasteiger partial charge in [0.15, 0.2) is 6.33 Å². The van der Waals surface area contributed by atoms with Crippen LogP contribution in [0.2, 0.25) is 0 Å². The van der Waals surface area contributed by atoms with Crippen LogP contribution in [-0.4, -0.2) is 20.2 Å². The van der Waals surface area contributed by atoms with E-state index < -0.39 is 0 Å². The van der Waals surface area contributed by atoms with Gasteiger partial charge in [0.2, 0.25) is 0 Å². The van der Waals surface area contributed by atoms with Gasteiger partial charge in [-0.2, -0.15) is 0 Å². The zero-order chi connectivity index (χ0) is 15.7. The Balaban J connectivity index is -0.000000375. The number of hydrogen-bond acceptors (Lipinski definition) is 3. The summed E-state index contributed by atoms with van der Waals surface area (Å²) in [5.41, 5.74) is 2.01. The highest BCUT2D eigenvalue weighted by Gasteiger charge is 1.94. The Morgan fingerprint density at radius 2 is 1.53 bits per heavy atom. The van der Waals surface area contributed by atoms with Crippen molar-refractivity contribution in [3.63, 3.8) is 0 Å². The van der Waals surface area contributed by atoms with Crippen LogP contribution < -0.4 is 0 Å². The molecule has 0 fully saturated rings. The summed E-state index contributed by atoms with van der Waals surface area (Å²) in [6.07, 6.45) is 6.94. The van der Waals surface area contributed by atoms with Crippen LogP contribution in [0.5, 0.6) is 0 Å². The molecule has 0 saturated carbocycles. The Bertz CT molecular complexity index is 331. The second kappa shape index (κ2) is 18.6. The molecule has 0 radical (unpaired) electrons. The maximum atomic E-state index is 3.89. The van der Waals surface area contributed by atoms with Gasteiger partial charge in [-0.25, -0.2) is 0 Å². The molecule has 1 aromatic rings. The van der Waals surface area contributed by atoms with Gasteiger partial charge in [0.25, 0.3) is 0 Å². The van der Waals surface area contributed by atoms with Crippen molar-refractivity contribution < 1.29 is 0 Å². The molecule has 0 aliphatic heterocycles. The van der Waals surface area contributed by atoms with E-state index in [0.29, 0.717) is 0 Å². The molecule has 1 heterocycles. The number of tetrazole rings is 1. The smallest absolute Gasteiger partial charge is 0.135 e. The summed E-state index contributed by atoms with van der Waals surface area (Å²) in [6, 6.07) is 0. The predicted molar refractivity (Wildman–Crippen MR) is 85.8 cm³/mol. The second-order valence-corrected chi connectivity index (χ2v) is 2.76. The first kappa shape index (κ1) is 22.5. The molecule has 0 spiro atoms. The molecule has 0 saturated heterocycles. The zero-order valence-corrected chi connectivity index (χ0v) is 13.8. The average molecular weight is 266 g/mol. The van der Waals surface area contributed by atoms with Gasteiger partial charge in [0.05, 0.1) is 5.70 Å². The van der Waals surface area contributed by atoms with E-state index in [-0.39, 0.29) is 0 Å². The minimum Gasteiger partial charge on any atom is -0.135 e. The summed E-state index contributed by atoms with van der Waals surface area (Å²) in [6.45, 7) is 19.7. The highest BCUT2D eigenvalue weighted by Crippen LogP contribution is 2.02. The van der Waals surface area contributed by atoms with Crippen molar-refractivity contribution in [3.8, 4) is 0 Å². The summed E-state index contributed by atoms with van der Waals surface area (Å²) >= 11 is 0. The van der Waals surface area contributed by atoms with E-state index in [2.05, 4.69) is 22.0 Å². The lowest BCUT2D eigenvalue weighted by Crippen LogP contribution is -1.98. The number of nitrogens with zero attached hydrogens (tertiary/aromatic N) is 4. The fourth-order valence-electron chi connectivity index (χ4n) is 0.754. The fourth-order valence-corrected chi connectivity index (χ4v) is 0.754. The number of allylic oxidation sites excluding steroid dienone is 5. The Labute approximate surface area is 118 Å². The van der Waals surface area contributed by atoms with Crippen LogP contribution in [0.1, 0.15) is 55.4 Å². The summed E-state index contributed by atoms with van der Waals surface area (Å²) in [5, 5.41) is 11.3. The summed E-state index contributed by atoms with van der Waals surface area (Å²) in [4.78, 5) is 1.42. The maximum absolute atomic E-state index is 3.89. The second-order valence-electron chi connectivity index (χ2n) is 2.76. The fraction of sp³-hybridized carbons (Fsp3) is 0.533. The topological polar surface area (TPSA) is 43.6 Å². The molecular formula is C15H30N4. The molecule has 0 amide bonds. The lowest BCUT2D eigenvalue weighted by Gasteiger charge is -1.95. The minimum absolute atomic E-state index is 0.804. The highest BCUT2D eigenvalue weighted by molar-refractivity contribution is 5.56.